The highest BCUT2D eigenvalue weighted by atomic mass is 32.3. The summed E-state index contributed by atoms with van der Waals surface area (Å²) in [4.78, 5) is 0. The molecule has 0 aromatic rings. The summed E-state index contributed by atoms with van der Waals surface area (Å²) >= 11 is 6.67. The number of hydrogen-bond donors (Lipinski definition) is 0. The molecular formula is C12H24S3. The second-order valence-corrected chi connectivity index (χ2v) is 9.50. The molecular weight excluding hydrogens is 240 g/mol. The van der Waals surface area contributed by atoms with Gasteiger partial charge in [0.15, 0.2) is 0 Å². The summed E-state index contributed by atoms with van der Waals surface area (Å²) in [6.45, 7) is 7.01. The maximum absolute atomic E-state index is 2.40. The molecule has 1 aliphatic rings. The highest BCUT2D eigenvalue weighted by Gasteiger charge is 2.35. The van der Waals surface area contributed by atoms with Crippen molar-refractivity contribution in [2.45, 2.75) is 61.5 Å². The number of unbranched alkanes of at least 4 members (excludes halogenated alkanes) is 1. The molecule has 90 valence electrons. The van der Waals surface area contributed by atoms with Crippen LogP contribution in [0.15, 0.2) is 0 Å². The molecule has 0 nitrogen and oxygen atoms in total. The fourth-order valence-corrected chi connectivity index (χ4v) is 8.14. The van der Waals surface area contributed by atoms with Gasteiger partial charge in [0.25, 0.3) is 0 Å². The Bertz CT molecular complexity index is 168. The SMILES string of the molecule is CCCCSC1(CCC)SCCC(C)S1. The molecule has 1 heterocycles. The third kappa shape index (κ3) is 4.82. The van der Waals surface area contributed by atoms with Crippen LogP contribution in [0.4, 0.5) is 0 Å². The Labute approximate surface area is 108 Å². The largest absolute Gasteiger partial charge is 0.133 e. The Morgan fingerprint density at radius 2 is 2.13 bits per heavy atom. The average Bonchev–Trinajstić information content (AvgIpc) is 2.18. The van der Waals surface area contributed by atoms with Gasteiger partial charge in [0.05, 0.1) is 0 Å². The predicted molar refractivity (Wildman–Crippen MR) is 79.1 cm³/mol. The molecule has 0 aliphatic carbocycles. The summed E-state index contributed by atoms with van der Waals surface area (Å²) in [5, 5.41) is 0.868. The van der Waals surface area contributed by atoms with E-state index in [-0.39, 0.29) is 0 Å². The fraction of sp³-hybridized carbons (Fsp3) is 1.00. The molecule has 0 aromatic heterocycles. The van der Waals surface area contributed by atoms with E-state index in [9.17, 15) is 0 Å². The van der Waals surface area contributed by atoms with Crippen molar-refractivity contribution in [1.82, 2.24) is 0 Å². The van der Waals surface area contributed by atoms with Gasteiger partial charge in [0, 0.05) is 5.25 Å². The van der Waals surface area contributed by atoms with Gasteiger partial charge in [-0.15, -0.1) is 35.3 Å². The third-order valence-corrected chi connectivity index (χ3v) is 8.02. The first kappa shape index (κ1) is 14.1. The van der Waals surface area contributed by atoms with Crippen molar-refractivity contribution in [3.63, 3.8) is 0 Å². The van der Waals surface area contributed by atoms with Crippen molar-refractivity contribution in [2.75, 3.05) is 11.5 Å². The first-order valence-electron chi connectivity index (χ1n) is 6.18. The van der Waals surface area contributed by atoms with Gasteiger partial charge in [0.1, 0.15) is 3.41 Å². The Hall–Kier alpha value is 1.05. The quantitative estimate of drug-likeness (QED) is 0.603. The zero-order valence-electron chi connectivity index (χ0n) is 10.3. The van der Waals surface area contributed by atoms with E-state index in [2.05, 4.69) is 56.1 Å². The van der Waals surface area contributed by atoms with Crippen LogP contribution >= 0.6 is 35.3 Å². The minimum absolute atomic E-state index is 0.502. The second-order valence-electron chi connectivity index (χ2n) is 4.20. The lowest BCUT2D eigenvalue weighted by atomic mass is 10.4. The molecule has 0 radical (unpaired) electrons. The minimum Gasteiger partial charge on any atom is -0.133 e. The molecule has 1 fully saturated rings. The van der Waals surface area contributed by atoms with Gasteiger partial charge in [-0.25, -0.2) is 0 Å². The van der Waals surface area contributed by atoms with E-state index >= 15 is 0 Å². The predicted octanol–water partition coefficient (Wildman–Crippen LogP) is 5.23. The van der Waals surface area contributed by atoms with Crippen LogP contribution in [0.3, 0.4) is 0 Å². The van der Waals surface area contributed by atoms with E-state index in [4.69, 9.17) is 0 Å². The summed E-state index contributed by atoms with van der Waals surface area (Å²) in [7, 11) is 0. The van der Waals surface area contributed by atoms with E-state index < -0.39 is 0 Å². The normalized spacial score (nSPS) is 31.8. The lowest BCUT2D eigenvalue weighted by molar-refractivity contribution is 0.809. The first-order chi connectivity index (χ1) is 7.22. The van der Waals surface area contributed by atoms with E-state index in [0.717, 1.165) is 5.25 Å². The molecule has 0 amide bonds. The second kappa shape index (κ2) is 7.39. The van der Waals surface area contributed by atoms with E-state index in [0.29, 0.717) is 3.41 Å². The summed E-state index contributed by atoms with van der Waals surface area (Å²) < 4.78 is 0.502. The van der Waals surface area contributed by atoms with Crippen LogP contribution in [-0.2, 0) is 0 Å². The molecule has 0 aromatic carbocycles. The Kier molecular flexibility index (Phi) is 6.95. The molecule has 2 unspecified atom stereocenters. The van der Waals surface area contributed by atoms with E-state index in [1.165, 1.54) is 43.6 Å². The van der Waals surface area contributed by atoms with Crippen LogP contribution in [0.1, 0.15) is 52.9 Å². The standard InChI is InChI=1S/C12H24S3/c1-4-6-9-13-12(8-5-2)14-10-7-11(3)15-12/h11H,4-10H2,1-3H3. The van der Waals surface area contributed by atoms with Crippen LogP contribution < -0.4 is 0 Å². The molecule has 3 heteroatoms. The van der Waals surface area contributed by atoms with Crippen molar-refractivity contribution >= 4 is 35.3 Å². The molecule has 2 atom stereocenters. The topological polar surface area (TPSA) is 0 Å². The van der Waals surface area contributed by atoms with Crippen molar-refractivity contribution in [3.05, 3.63) is 0 Å². The maximum Gasteiger partial charge on any atom is 0.107 e. The molecule has 0 spiro atoms. The molecule has 0 bridgehead atoms. The highest BCUT2D eigenvalue weighted by molar-refractivity contribution is 8.34. The molecule has 1 saturated heterocycles. The van der Waals surface area contributed by atoms with E-state index in [1.807, 2.05) is 0 Å². The molecule has 1 rings (SSSR count). The van der Waals surface area contributed by atoms with Crippen LogP contribution in [0.2, 0.25) is 0 Å². The number of hydrogen-bond acceptors (Lipinski definition) is 3. The van der Waals surface area contributed by atoms with Gasteiger partial charge in [0.2, 0.25) is 0 Å². The Morgan fingerprint density at radius 3 is 2.73 bits per heavy atom. The van der Waals surface area contributed by atoms with Crippen LogP contribution in [-0.4, -0.2) is 20.2 Å². The number of rotatable bonds is 6. The highest BCUT2D eigenvalue weighted by Crippen LogP contribution is 2.55. The monoisotopic (exact) mass is 264 g/mol. The van der Waals surface area contributed by atoms with Gasteiger partial charge >= 0.3 is 0 Å². The average molecular weight is 265 g/mol. The zero-order valence-corrected chi connectivity index (χ0v) is 12.7. The van der Waals surface area contributed by atoms with Gasteiger partial charge < -0.3 is 0 Å². The summed E-state index contributed by atoms with van der Waals surface area (Å²) in [5.74, 6) is 2.72. The van der Waals surface area contributed by atoms with Crippen LogP contribution in [0.5, 0.6) is 0 Å². The zero-order chi connectivity index (χ0) is 11.1. The van der Waals surface area contributed by atoms with Crippen molar-refractivity contribution in [3.8, 4) is 0 Å². The lowest BCUT2D eigenvalue weighted by Crippen LogP contribution is -2.25. The van der Waals surface area contributed by atoms with Crippen molar-refractivity contribution < 1.29 is 0 Å². The van der Waals surface area contributed by atoms with Crippen molar-refractivity contribution in [1.29, 1.82) is 0 Å². The minimum atomic E-state index is 0.502. The van der Waals surface area contributed by atoms with Gasteiger partial charge in [-0.1, -0.05) is 33.6 Å². The third-order valence-electron chi connectivity index (χ3n) is 2.60. The van der Waals surface area contributed by atoms with Crippen LogP contribution in [0, 0.1) is 0 Å². The molecule has 0 saturated carbocycles. The summed E-state index contributed by atoms with van der Waals surface area (Å²) in [6, 6.07) is 0. The Morgan fingerprint density at radius 1 is 1.33 bits per heavy atom. The van der Waals surface area contributed by atoms with Gasteiger partial charge in [-0.2, -0.15) is 0 Å². The lowest BCUT2D eigenvalue weighted by Gasteiger charge is -2.38. The van der Waals surface area contributed by atoms with Gasteiger partial charge in [-0.3, -0.25) is 0 Å². The fourth-order valence-electron chi connectivity index (χ4n) is 1.74. The molecule has 15 heavy (non-hydrogen) atoms. The number of thioether (sulfide) groups is 3. The van der Waals surface area contributed by atoms with E-state index in [1.54, 1.807) is 0 Å². The summed E-state index contributed by atoms with van der Waals surface area (Å²) in [6.07, 6.45) is 6.81. The first-order valence-corrected chi connectivity index (χ1v) is 9.03. The maximum atomic E-state index is 2.40. The molecule has 0 N–H and O–H groups in total. The molecule has 1 aliphatic heterocycles. The van der Waals surface area contributed by atoms with Gasteiger partial charge in [-0.05, 0) is 30.8 Å². The smallest absolute Gasteiger partial charge is 0.107 e. The van der Waals surface area contributed by atoms with Crippen LogP contribution in [0.25, 0.3) is 0 Å². The summed E-state index contributed by atoms with van der Waals surface area (Å²) in [5.41, 5.74) is 0. The Balaban J connectivity index is 2.44. The van der Waals surface area contributed by atoms with Crippen molar-refractivity contribution in [2.24, 2.45) is 0 Å².